The van der Waals surface area contributed by atoms with Crippen molar-refractivity contribution in [2.24, 2.45) is 11.7 Å². The van der Waals surface area contributed by atoms with Gasteiger partial charge in [-0.2, -0.15) is 13.2 Å². The van der Waals surface area contributed by atoms with Crippen LogP contribution in [0.5, 0.6) is 0 Å². The van der Waals surface area contributed by atoms with Crippen LogP contribution in [-0.2, 0) is 11.0 Å². The van der Waals surface area contributed by atoms with E-state index in [-0.39, 0.29) is 36.0 Å². The second kappa shape index (κ2) is 8.52. The molecule has 0 bridgehead atoms. The van der Waals surface area contributed by atoms with E-state index in [4.69, 9.17) is 5.73 Å². The number of nitrogens with zero attached hydrogens (tertiary/aromatic N) is 3. The van der Waals surface area contributed by atoms with Crippen LogP contribution in [0.3, 0.4) is 0 Å². The summed E-state index contributed by atoms with van der Waals surface area (Å²) in [6.07, 6.45) is -2.85. The van der Waals surface area contributed by atoms with E-state index in [1.807, 2.05) is 0 Å². The summed E-state index contributed by atoms with van der Waals surface area (Å²) in [6, 6.07) is 2.57. The van der Waals surface area contributed by atoms with Gasteiger partial charge in [0.15, 0.2) is 0 Å². The normalized spacial score (nSPS) is 20.8. The predicted molar refractivity (Wildman–Crippen MR) is 99.5 cm³/mol. The molecule has 3 rings (SSSR count). The Morgan fingerprint density at radius 3 is 2.32 bits per heavy atom. The lowest BCUT2D eigenvalue weighted by Crippen LogP contribution is -2.42. The van der Waals surface area contributed by atoms with E-state index in [0.717, 1.165) is 18.6 Å². The fourth-order valence-corrected chi connectivity index (χ4v) is 3.73. The summed E-state index contributed by atoms with van der Waals surface area (Å²) in [5.74, 6) is -0.135. The highest BCUT2D eigenvalue weighted by atomic mass is 35.5. The van der Waals surface area contributed by atoms with Gasteiger partial charge in [-0.3, -0.25) is 14.9 Å². The van der Waals surface area contributed by atoms with Gasteiger partial charge < -0.3 is 15.5 Å². The topological polar surface area (TPSA) is 92.7 Å². The molecule has 0 spiro atoms. The van der Waals surface area contributed by atoms with Crippen LogP contribution < -0.4 is 10.6 Å². The molecule has 28 heavy (non-hydrogen) atoms. The number of nitro groups is 1. The van der Waals surface area contributed by atoms with Crippen molar-refractivity contribution in [1.82, 2.24) is 4.90 Å². The number of rotatable bonds is 3. The minimum Gasteiger partial charge on any atom is -0.366 e. The molecule has 7 nitrogen and oxygen atoms in total. The van der Waals surface area contributed by atoms with E-state index in [1.54, 1.807) is 9.80 Å². The lowest BCUT2D eigenvalue weighted by Gasteiger charge is -2.34. The number of likely N-dealkylation sites (tertiary alicyclic amines) is 1. The molecule has 2 saturated heterocycles. The Kier molecular flexibility index (Phi) is 6.76. The van der Waals surface area contributed by atoms with Crippen molar-refractivity contribution < 1.29 is 22.9 Å². The van der Waals surface area contributed by atoms with Crippen molar-refractivity contribution in [1.29, 1.82) is 0 Å². The van der Waals surface area contributed by atoms with Crippen molar-refractivity contribution >= 4 is 29.7 Å². The summed E-state index contributed by atoms with van der Waals surface area (Å²) < 4.78 is 38.5. The second-order valence-corrected chi connectivity index (χ2v) is 7.05. The summed E-state index contributed by atoms with van der Waals surface area (Å²) in [6.45, 7) is 1.94. The first-order valence-corrected chi connectivity index (χ1v) is 8.81. The molecule has 0 radical (unpaired) electrons. The first-order valence-electron chi connectivity index (χ1n) is 8.81. The zero-order valence-corrected chi connectivity index (χ0v) is 15.8. The summed E-state index contributed by atoms with van der Waals surface area (Å²) in [7, 11) is 0. The number of benzene rings is 1. The Balaban J connectivity index is 0.00000280. The zero-order chi connectivity index (χ0) is 19.8. The zero-order valence-electron chi connectivity index (χ0n) is 15.0. The molecule has 11 heteroatoms. The van der Waals surface area contributed by atoms with Gasteiger partial charge in [-0.15, -0.1) is 12.4 Å². The third-order valence-corrected chi connectivity index (χ3v) is 5.22. The van der Waals surface area contributed by atoms with Crippen molar-refractivity contribution in [3.8, 4) is 0 Å². The molecule has 1 atom stereocenters. The van der Waals surface area contributed by atoms with Crippen LogP contribution in [0.15, 0.2) is 18.2 Å². The first kappa shape index (κ1) is 22.2. The average Bonchev–Trinajstić information content (AvgIpc) is 3.06. The van der Waals surface area contributed by atoms with E-state index in [2.05, 4.69) is 0 Å². The molecule has 0 unspecified atom stereocenters. The van der Waals surface area contributed by atoms with Gasteiger partial charge in [0.25, 0.3) is 5.69 Å². The number of alkyl halides is 3. The van der Waals surface area contributed by atoms with Gasteiger partial charge in [-0.1, -0.05) is 0 Å². The third-order valence-electron chi connectivity index (χ3n) is 5.22. The number of nitro benzene ring substituents is 1. The fraction of sp³-hybridized carbons (Fsp3) is 0.588. The van der Waals surface area contributed by atoms with Gasteiger partial charge in [-0.05, 0) is 31.4 Å². The number of hydrogen-bond donors (Lipinski definition) is 1. The van der Waals surface area contributed by atoms with Gasteiger partial charge in [-0.25, -0.2) is 0 Å². The third kappa shape index (κ3) is 4.67. The molecular formula is C17H22ClF3N4O3. The number of amides is 1. The number of carbonyl (C=O) groups excluding carboxylic acids is 1. The standard InChI is InChI=1S/C17H21F3N4O3.ClH/c18-17(19,20)12-1-2-14(15(9-12)24(26)27)22-6-3-11(4-7-22)16(25)23-8-5-13(21)10-23;/h1-2,9,11,13H,3-8,10,21H2;1H/t13-;/m1./s1. The Bertz CT molecular complexity index is 739. The highest BCUT2D eigenvalue weighted by molar-refractivity contribution is 5.85. The van der Waals surface area contributed by atoms with E-state index in [1.165, 1.54) is 0 Å². The van der Waals surface area contributed by atoms with Crippen molar-refractivity contribution in [3.05, 3.63) is 33.9 Å². The van der Waals surface area contributed by atoms with Crippen LogP contribution in [0.4, 0.5) is 24.5 Å². The van der Waals surface area contributed by atoms with Crippen molar-refractivity contribution in [2.75, 3.05) is 31.1 Å². The van der Waals surface area contributed by atoms with Gasteiger partial charge in [0.2, 0.25) is 5.91 Å². The van der Waals surface area contributed by atoms with Crippen LogP contribution in [0.2, 0.25) is 0 Å². The van der Waals surface area contributed by atoms with E-state index in [0.29, 0.717) is 45.1 Å². The number of hydrogen-bond acceptors (Lipinski definition) is 5. The Hall–Kier alpha value is -2.07. The molecule has 0 aromatic heterocycles. The molecule has 0 aliphatic carbocycles. The first-order chi connectivity index (χ1) is 12.7. The molecule has 2 N–H and O–H groups in total. The van der Waals surface area contributed by atoms with Crippen molar-refractivity contribution in [2.45, 2.75) is 31.5 Å². The van der Waals surface area contributed by atoms with Gasteiger partial charge in [0.05, 0.1) is 10.5 Å². The van der Waals surface area contributed by atoms with Gasteiger partial charge in [0, 0.05) is 44.2 Å². The molecule has 2 aliphatic heterocycles. The molecule has 2 heterocycles. The Labute approximate surface area is 166 Å². The number of anilines is 1. The number of nitrogens with two attached hydrogens (primary N) is 1. The molecular weight excluding hydrogens is 401 g/mol. The van der Waals surface area contributed by atoms with Crippen LogP contribution in [-0.4, -0.2) is 48.0 Å². The second-order valence-electron chi connectivity index (χ2n) is 7.05. The Morgan fingerprint density at radius 1 is 1.18 bits per heavy atom. The molecule has 2 aliphatic rings. The van der Waals surface area contributed by atoms with Crippen molar-refractivity contribution in [3.63, 3.8) is 0 Å². The molecule has 0 saturated carbocycles. The molecule has 1 amide bonds. The summed E-state index contributed by atoms with van der Waals surface area (Å²) in [5.41, 5.74) is 4.37. The SMILES string of the molecule is Cl.N[C@@H]1CCN(C(=O)C2CCN(c3ccc(C(F)(F)F)cc3[N+](=O)[O-])CC2)C1. The van der Waals surface area contributed by atoms with E-state index < -0.39 is 22.4 Å². The van der Waals surface area contributed by atoms with Crippen LogP contribution >= 0.6 is 12.4 Å². The lowest BCUT2D eigenvalue weighted by molar-refractivity contribution is -0.384. The maximum atomic E-state index is 12.8. The quantitative estimate of drug-likeness (QED) is 0.597. The Morgan fingerprint density at radius 2 is 1.82 bits per heavy atom. The highest BCUT2D eigenvalue weighted by Gasteiger charge is 2.36. The summed E-state index contributed by atoms with van der Waals surface area (Å²) >= 11 is 0. The van der Waals surface area contributed by atoms with Gasteiger partial charge >= 0.3 is 6.18 Å². The van der Waals surface area contributed by atoms with Gasteiger partial charge in [0.1, 0.15) is 5.69 Å². The molecule has 1 aromatic carbocycles. The molecule has 2 fully saturated rings. The maximum absolute atomic E-state index is 12.8. The smallest absolute Gasteiger partial charge is 0.366 e. The number of halogens is 4. The summed E-state index contributed by atoms with van der Waals surface area (Å²) in [4.78, 5) is 26.4. The molecule has 1 aromatic rings. The highest BCUT2D eigenvalue weighted by Crippen LogP contribution is 2.37. The van der Waals surface area contributed by atoms with E-state index in [9.17, 15) is 28.1 Å². The minimum atomic E-state index is -4.64. The van der Waals surface area contributed by atoms with Crippen LogP contribution in [0.1, 0.15) is 24.8 Å². The largest absolute Gasteiger partial charge is 0.416 e. The minimum absolute atomic E-state index is 0. The predicted octanol–water partition coefficient (Wildman–Crippen LogP) is 2.81. The number of carbonyl (C=O) groups is 1. The average molecular weight is 423 g/mol. The molecule has 156 valence electrons. The van der Waals surface area contributed by atoms with E-state index >= 15 is 0 Å². The maximum Gasteiger partial charge on any atom is 0.416 e. The summed E-state index contributed by atoms with van der Waals surface area (Å²) in [5, 5.41) is 11.3. The lowest BCUT2D eigenvalue weighted by atomic mass is 9.94. The number of piperidine rings is 1. The van der Waals surface area contributed by atoms with Crippen LogP contribution in [0.25, 0.3) is 0 Å². The van der Waals surface area contributed by atoms with Crippen LogP contribution in [0, 0.1) is 16.0 Å². The fourth-order valence-electron chi connectivity index (χ4n) is 3.73. The monoisotopic (exact) mass is 422 g/mol.